The van der Waals surface area contributed by atoms with Crippen molar-refractivity contribution >= 4 is 21.4 Å². The van der Waals surface area contributed by atoms with Gasteiger partial charge >= 0.3 is 8.80 Å². The molecule has 0 rings (SSSR count). The monoisotopic (exact) mass is 154 g/mol. The van der Waals surface area contributed by atoms with E-state index < -0.39 is 13.7 Å². The summed E-state index contributed by atoms with van der Waals surface area (Å²) < 4.78 is 0. The van der Waals surface area contributed by atoms with E-state index in [1.165, 1.54) is 0 Å². The summed E-state index contributed by atoms with van der Waals surface area (Å²) in [6.07, 6.45) is 0.471. The lowest BCUT2D eigenvalue weighted by Gasteiger charge is -2.14. The highest BCUT2D eigenvalue weighted by atomic mass is 32.1. The molecule has 3 nitrogen and oxygen atoms in total. The van der Waals surface area contributed by atoms with Gasteiger partial charge in [0.25, 0.3) is 0 Å². The Bertz CT molecular complexity index is 71.4. The second kappa shape index (κ2) is 2.84. The van der Waals surface area contributed by atoms with Gasteiger partial charge in [-0.2, -0.15) is 12.6 Å². The highest BCUT2D eigenvalue weighted by molar-refractivity contribution is 7.82. The van der Waals surface area contributed by atoms with E-state index in [9.17, 15) is 0 Å². The van der Waals surface area contributed by atoms with Gasteiger partial charge in [-0.3, -0.25) is 0 Å². The smallest absolute Gasteiger partial charge is 0.389 e. The Kier molecular flexibility index (Phi) is 2.99. The van der Waals surface area contributed by atoms with E-state index in [1.54, 1.807) is 6.92 Å². The van der Waals surface area contributed by atoms with Crippen LogP contribution in [0.5, 0.6) is 0 Å². The van der Waals surface area contributed by atoms with Gasteiger partial charge in [0.2, 0.25) is 0 Å². The minimum atomic E-state index is -3.90. The summed E-state index contributed by atoms with van der Waals surface area (Å²) in [7, 11) is -3.90. The molecule has 0 fully saturated rings. The molecule has 0 aliphatic carbocycles. The standard InChI is InChI=1S/C3H10O3SSi/c1-2-3(7)8(4,5)6/h3-7H,2H2,1H3. The third-order valence-electron chi connectivity index (χ3n) is 0.834. The largest absolute Gasteiger partial charge is 0.506 e. The SMILES string of the molecule is CCC(S)[Si](O)(O)O. The molecule has 0 aliphatic heterocycles. The fourth-order valence-electron chi connectivity index (χ4n) is 0.274. The van der Waals surface area contributed by atoms with Gasteiger partial charge in [-0.05, 0) is 6.42 Å². The maximum Gasteiger partial charge on any atom is 0.506 e. The van der Waals surface area contributed by atoms with Gasteiger partial charge in [-0.25, -0.2) is 0 Å². The lowest BCUT2D eigenvalue weighted by Crippen LogP contribution is -2.45. The summed E-state index contributed by atoms with van der Waals surface area (Å²) >= 11 is 3.72. The molecule has 0 amide bonds. The quantitative estimate of drug-likeness (QED) is 0.309. The molecule has 3 N–H and O–H groups in total. The number of thiol groups is 1. The predicted octanol–water partition coefficient (Wildman–Crippen LogP) is -0.850. The molecular formula is C3H10O3SSi. The summed E-state index contributed by atoms with van der Waals surface area (Å²) in [5.74, 6) is 0. The molecule has 1 atom stereocenters. The van der Waals surface area contributed by atoms with E-state index in [2.05, 4.69) is 12.6 Å². The molecule has 0 saturated carbocycles. The van der Waals surface area contributed by atoms with Crippen molar-refractivity contribution in [3.63, 3.8) is 0 Å². The van der Waals surface area contributed by atoms with Crippen molar-refractivity contribution in [3.05, 3.63) is 0 Å². The van der Waals surface area contributed by atoms with Crippen molar-refractivity contribution in [1.82, 2.24) is 0 Å². The zero-order valence-electron chi connectivity index (χ0n) is 4.57. The number of hydrogen-bond acceptors (Lipinski definition) is 4. The topological polar surface area (TPSA) is 60.7 Å². The van der Waals surface area contributed by atoms with Crippen molar-refractivity contribution in [2.45, 2.75) is 18.2 Å². The lowest BCUT2D eigenvalue weighted by atomic mass is 10.6. The summed E-state index contributed by atoms with van der Waals surface area (Å²) in [4.78, 5) is 24.7. The minimum Gasteiger partial charge on any atom is -0.389 e. The summed E-state index contributed by atoms with van der Waals surface area (Å²) in [6, 6.07) is 0. The van der Waals surface area contributed by atoms with E-state index in [4.69, 9.17) is 14.4 Å². The molecule has 50 valence electrons. The van der Waals surface area contributed by atoms with Crippen LogP contribution in [-0.2, 0) is 0 Å². The van der Waals surface area contributed by atoms with Crippen LogP contribution < -0.4 is 0 Å². The van der Waals surface area contributed by atoms with Gasteiger partial charge in [0, 0.05) is 0 Å². The van der Waals surface area contributed by atoms with Crippen LogP contribution in [0, 0.1) is 0 Å². The molecule has 5 heteroatoms. The van der Waals surface area contributed by atoms with E-state index >= 15 is 0 Å². The normalized spacial score (nSPS) is 16.1. The van der Waals surface area contributed by atoms with Crippen LogP contribution in [-0.4, -0.2) is 28.1 Å². The fourth-order valence-corrected chi connectivity index (χ4v) is 0.822. The molecule has 0 bridgehead atoms. The molecule has 0 aromatic heterocycles. The lowest BCUT2D eigenvalue weighted by molar-refractivity contribution is 0.224. The molecule has 0 aromatic carbocycles. The molecule has 0 saturated heterocycles. The average Bonchev–Trinajstić information content (AvgIpc) is 1.62. The van der Waals surface area contributed by atoms with Crippen LogP contribution in [0.25, 0.3) is 0 Å². The van der Waals surface area contributed by atoms with Gasteiger partial charge < -0.3 is 14.4 Å². The van der Waals surface area contributed by atoms with Gasteiger partial charge in [0.05, 0.1) is 4.87 Å². The van der Waals surface area contributed by atoms with Gasteiger partial charge in [-0.1, -0.05) is 6.92 Å². The van der Waals surface area contributed by atoms with Crippen LogP contribution in [0.4, 0.5) is 0 Å². The Labute approximate surface area is 54.8 Å². The fraction of sp³-hybridized carbons (Fsp3) is 1.00. The molecular weight excluding hydrogens is 144 g/mol. The minimum absolute atomic E-state index is 0.471. The Morgan fingerprint density at radius 3 is 1.88 bits per heavy atom. The van der Waals surface area contributed by atoms with E-state index in [-0.39, 0.29) is 0 Å². The molecule has 0 aromatic rings. The summed E-state index contributed by atoms with van der Waals surface area (Å²) in [6.45, 7) is 1.72. The first-order valence-corrected chi connectivity index (χ1v) is 4.77. The van der Waals surface area contributed by atoms with Gasteiger partial charge in [0.1, 0.15) is 0 Å². The maximum absolute atomic E-state index is 8.46. The first-order chi connectivity index (χ1) is 3.48. The van der Waals surface area contributed by atoms with Crippen LogP contribution in [0.1, 0.15) is 13.3 Å². The molecule has 0 heterocycles. The zero-order valence-corrected chi connectivity index (χ0v) is 6.47. The molecule has 8 heavy (non-hydrogen) atoms. The first kappa shape index (κ1) is 8.45. The summed E-state index contributed by atoms with van der Waals surface area (Å²) in [5.41, 5.74) is 0. The predicted molar refractivity (Wildman–Crippen MR) is 35.5 cm³/mol. The number of hydrogen-bond donors (Lipinski definition) is 4. The Hall–Kier alpha value is 0.447. The second-order valence-corrected chi connectivity index (χ2v) is 4.79. The molecule has 0 radical (unpaired) electrons. The molecule has 0 aliphatic rings. The second-order valence-electron chi connectivity index (χ2n) is 1.61. The highest BCUT2D eigenvalue weighted by Crippen LogP contribution is 2.07. The Morgan fingerprint density at radius 2 is 1.88 bits per heavy atom. The van der Waals surface area contributed by atoms with Crippen LogP contribution >= 0.6 is 12.6 Å². The van der Waals surface area contributed by atoms with E-state index in [0.29, 0.717) is 6.42 Å². The van der Waals surface area contributed by atoms with E-state index in [1.807, 2.05) is 0 Å². The van der Waals surface area contributed by atoms with Crippen molar-refractivity contribution in [2.75, 3.05) is 0 Å². The van der Waals surface area contributed by atoms with E-state index in [0.717, 1.165) is 0 Å². The highest BCUT2D eigenvalue weighted by Gasteiger charge is 2.34. The van der Waals surface area contributed by atoms with Crippen LogP contribution in [0.15, 0.2) is 0 Å². The Balaban J connectivity index is 3.62. The molecule has 1 unspecified atom stereocenters. The van der Waals surface area contributed by atoms with Crippen LogP contribution in [0.3, 0.4) is 0 Å². The third kappa shape index (κ3) is 2.68. The van der Waals surface area contributed by atoms with Gasteiger partial charge in [-0.15, -0.1) is 0 Å². The summed E-state index contributed by atoms with van der Waals surface area (Å²) in [5, 5.41) is 0. The van der Waals surface area contributed by atoms with Crippen LogP contribution in [0.2, 0.25) is 0 Å². The first-order valence-electron chi connectivity index (χ1n) is 2.33. The molecule has 0 spiro atoms. The average molecular weight is 154 g/mol. The number of rotatable bonds is 2. The van der Waals surface area contributed by atoms with Crippen molar-refractivity contribution < 1.29 is 14.4 Å². The van der Waals surface area contributed by atoms with Gasteiger partial charge in [0.15, 0.2) is 0 Å². The van der Waals surface area contributed by atoms with Crippen molar-refractivity contribution in [1.29, 1.82) is 0 Å². The van der Waals surface area contributed by atoms with Crippen molar-refractivity contribution in [3.8, 4) is 0 Å². The maximum atomic E-state index is 8.46. The Morgan fingerprint density at radius 1 is 1.50 bits per heavy atom. The third-order valence-corrected chi connectivity index (χ3v) is 3.54. The van der Waals surface area contributed by atoms with Crippen molar-refractivity contribution in [2.24, 2.45) is 0 Å². The zero-order chi connectivity index (χ0) is 6.78.